The number of hydrogen-bond acceptors (Lipinski definition) is 0. The summed E-state index contributed by atoms with van der Waals surface area (Å²) in [5.41, 5.74) is 0. The summed E-state index contributed by atoms with van der Waals surface area (Å²) in [5, 5.41) is 0. The summed E-state index contributed by atoms with van der Waals surface area (Å²) in [5.74, 6) is 0. The molecular formula is C15H32ClP. The van der Waals surface area contributed by atoms with E-state index in [1.165, 1.54) is 83.2 Å². The highest BCUT2D eigenvalue weighted by Gasteiger charge is 1.96. The first-order valence-corrected chi connectivity index (χ1v) is 10.5. The molecule has 0 nitrogen and oxygen atoms in total. The molecule has 0 N–H and O–H groups in total. The van der Waals surface area contributed by atoms with Crippen molar-refractivity contribution in [3.05, 3.63) is 0 Å². The van der Waals surface area contributed by atoms with Gasteiger partial charge in [0.05, 0.1) is 0 Å². The van der Waals surface area contributed by atoms with E-state index in [9.17, 15) is 0 Å². The second-order valence-electron chi connectivity index (χ2n) is 5.22. The molecule has 104 valence electrons. The largest absolute Gasteiger partial charge is 0.0967 e. The molecule has 0 spiro atoms. The summed E-state index contributed by atoms with van der Waals surface area (Å²) in [4.78, 5) is 0. The smallest absolute Gasteiger partial charge is 0.0129 e. The maximum absolute atomic E-state index is 5.98. The van der Waals surface area contributed by atoms with Gasteiger partial charge in [0.25, 0.3) is 0 Å². The van der Waals surface area contributed by atoms with Gasteiger partial charge in [-0.25, -0.2) is 0 Å². The fourth-order valence-corrected chi connectivity index (χ4v) is 3.19. The van der Waals surface area contributed by atoms with Crippen LogP contribution in [0.2, 0.25) is 0 Å². The highest BCUT2D eigenvalue weighted by atomic mass is 35.7. The second-order valence-corrected chi connectivity index (χ2v) is 8.61. The van der Waals surface area contributed by atoms with Crippen LogP contribution in [0.3, 0.4) is 0 Å². The SMILES string of the molecule is CCCCCCCCCCCCCCP(C)Cl. The maximum Gasteiger partial charge on any atom is -0.0129 e. The molecule has 0 amide bonds. The van der Waals surface area contributed by atoms with Crippen LogP contribution in [0.25, 0.3) is 0 Å². The number of unbranched alkanes of at least 4 members (excludes halogenated alkanes) is 11. The van der Waals surface area contributed by atoms with Gasteiger partial charge in [-0.1, -0.05) is 88.8 Å². The maximum atomic E-state index is 5.98. The highest BCUT2D eigenvalue weighted by Crippen LogP contribution is 2.37. The van der Waals surface area contributed by atoms with Crippen LogP contribution in [0.4, 0.5) is 0 Å². The van der Waals surface area contributed by atoms with Gasteiger partial charge in [-0.2, -0.15) is 0 Å². The lowest BCUT2D eigenvalue weighted by molar-refractivity contribution is 0.548. The molecule has 0 fully saturated rings. The van der Waals surface area contributed by atoms with E-state index in [2.05, 4.69) is 13.6 Å². The quantitative estimate of drug-likeness (QED) is 0.252. The van der Waals surface area contributed by atoms with E-state index in [4.69, 9.17) is 11.2 Å². The van der Waals surface area contributed by atoms with Crippen molar-refractivity contribution in [1.29, 1.82) is 0 Å². The standard InChI is InChI=1S/C15H32ClP/c1-3-4-5-6-7-8-9-10-11-12-13-14-15-17(2)16/h3-15H2,1-2H3. The first-order chi connectivity index (χ1) is 8.27. The molecule has 0 aliphatic heterocycles. The third-order valence-electron chi connectivity index (χ3n) is 3.32. The summed E-state index contributed by atoms with van der Waals surface area (Å²) >= 11 is 5.98. The summed E-state index contributed by atoms with van der Waals surface area (Å²) in [6.07, 6.45) is 18.4. The summed E-state index contributed by atoms with van der Waals surface area (Å²) in [6, 6.07) is 0. The lowest BCUT2D eigenvalue weighted by atomic mass is 10.1. The third-order valence-corrected chi connectivity index (χ3v) is 4.76. The Morgan fingerprint density at radius 2 is 1.00 bits per heavy atom. The molecule has 0 aliphatic rings. The van der Waals surface area contributed by atoms with Gasteiger partial charge in [-0.05, 0) is 26.5 Å². The topological polar surface area (TPSA) is 0 Å². The molecule has 0 aliphatic carbocycles. The molecular weight excluding hydrogens is 247 g/mol. The van der Waals surface area contributed by atoms with Crippen LogP contribution in [0.15, 0.2) is 0 Å². The molecule has 2 heteroatoms. The lowest BCUT2D eigenvalue weighted by Gasteiger charge is -2.03. The van der Waals surface area contributed by atoms with Crippen LogP contribution in [0, 0.1) is 0 Å². The van der Waals surface area contributed by atoms with Crippen molar-refractivity contribution in [3.8, 4) is 0 Å². The van der Waals surface area contributed by atoms with Gasteiger partial charge in [-0.15, -0.1) is 0 Å². The van der Waals surface area contributed by atoms with Gasteiger partial charge < -0.3 is 0 Å². The van der Waals surface area contributed by atoms with E-state index in [1.54, 1.807) is 0 Å². The lowest BCUT2D eigenvalue weighted by Crippen LogP contribution is -1.84. The predicted octanol–water partition coefficient (Wildman–Crippen LogP) is 6.95. The van der Waals surface area contributed by atoms with Crippen molar-refractivity contribution < 1.29 is 0 Å². The first-order valence-electron chi connectivity index (χ1n) is 7.64. The summed E-state index contributed by atoms with van der Waals surface area (Å²) < 4.78 is 0. The minimum absolute atomic E-state index is 0.166. The number of halogens is 1. The van der Waals surface area contributed by atoms with Gasteiger partial charge in [0.1, 0.15) is 0 Å². The Bertz CT molecular complexity index is 137. The first kappa shape index (κ1) is 17.7. The fraction of sp³-hybridized carbons (Fsp3) is 1.00. The minimum Gasteiger partial charge on any atom is -0.0967 e. The van der Waals surface area contributed by atoms with E-state index in [0.29, 0.717) is 0 Å². The van der Waals surface area contributed by atoms with Gasteiger partial charge in [-0.3, -0.25) is 0 Å². The van der Waals surface area contributed by atoms with Gasteiger partial charge >= 0.3 is 0 Å². The molecule has 1 unspecified atom stereocenters. The molecule has 0 saturated carbocycles. The zero-order valence-corrected chi connectivity index (χ0v) is 13.7. The Balaban J connectivity index is 2.89. The monoisotopic (exact) mass is 278 g/mol. The van der Waals surface area contributed by atoms with E-state index >= 15 is 0 Å². The molecule has 17 heavy (non-hydrogen) atoms. The summed E-state index contributed by atoms with van der Waals surface area (Å²) in [6.45, 7) is 4.45. The van der Waals surface area contributed by atoms with Crippen molar-refractivity contribution in [2.24, 2.45) is 0 Å². The van der Waals surface area contributed by atoms with E-state index < -0.39 is 0 Å². The molecule has 0 aromatic heterocycles. The van der Waals surface area contributed by atoms with E-state index in [0.717, 1.165) is 0 Å². The van der Waals surface area contributed by atoms with Gasteiger partial charge in [0, 0.05) is 0 Å². The van der Waals surface area contributed by atoms with E-state index in [1.807, 2.05) is 0 Å². The predicted molar refractivity (Wildman–Crippen MR) is 84.6 cm³/mol. The van der Waals surface area contributed by atoms with Gasteiger partial charge in [0.15, 0.2) is 0 Å². The van der Waals surface area contributed by atoms with Crippen LogP contribution in [-0.4, -0.2) is 12.8 Å². The number of rotatable bonds is 13. The molecule has 0 radical (unpaired) electrons. The molecule has 0 heterocycles. The van der Waals surface area contributed by atoms with Crippen molar-refractivity contribution in [1.82, 2.24) is 0 Å². The Labute approximate surface area is 115 Å². The van der Waals surface area contributed by atoms with E-state index in [-0.39, 0.29) is 7.27 Å². The molecule has 0 aromatic rings. The average molecular weight is 279 g/mol. The molecule has 0 rings (SSSR count). The number of hydrogen-bond donors (Lipinski definition) is 0. The fourth-order valence-electron chi connectivity index (χ4n) is 2.17. The Morgan fingerprint density at radius 3 is 1.35 bits per heavy atom. The normalized spacial score (nSPS) is 12.9. The van der Waals surface area contributed by atoms with Crippen molar-refractivity contribution in [2.45, 2.75) is 84.0 Å². The van der Waals surface area contributed by atoms with Crippen LogP contribution in [-0.2, 0) is 0 Å². The Kier molecular flexibility index (Phi) is 15.4. The minimum atomic E-state index is -0.166. The summed E-state index contributed by atoms with van der Waals surface area (Å²) in [7, 11) is -0.166. The van der Waals surface area contributed by atoms with Crippen LogP contribution >= 0.6 is 18.5 Å². The Morgan fingerprint density at radius 1 is 0.647 bits per heavy atom. The van der Waals surface area contributed by atoms with Crippen LogP contribution < -0.4 is 0 Å². The highest BCUT2D eigenvalue weighted by molar-refractivity contribution is 7.83. The second kappa shape index (κ2) is 14.8. The molecule has 0 saturated heterocycles. The van der Waals surface area contributed by atoms with Crippen molar-refractivity contribution >= 4 is 18.5 Å². The zero-order valence-electron chi connectivity index (χ0n) is 12.0. The van der Waals surface area contributed by atoms with Gasteiger partial charge in [0.2, 0.25) is 0 Å². The average Bonchev–Trinajstić information content (AvgIpc) is 2.30. The molecule has 1 atom stereocenters. The Hall–Kier alpha value is 0.720. The van der Waals surface area contributed by atoms with Crippen molar-refractivity contribution in [3.63, 3.8) is 0 Å². The van der Waals surface area contributed by atoms with Crippen LogP contribution in [0.5, 0.6) is 0 Å². The van der Waals surface area contributed by atoms with Crippen molar-refractivity contribution in [2.75, 3.05) is 12.8 Å². The third kappa shape index (κ3) is 16.7. The molecule has 0 aromatic carbocycles. The molecule has 0 bridgehead atoms. The van der Waals surface area contributed by atoms with Crippen LogP contribution in [0.1, 0.15) is 84.0 Å². The zero-order chi connectivity index (χ0) is 12.8.